The van der Waals surface area contributed by atoms with E-state index in [9.17, 15) is 9.59 Å². The third-order valence-corrected chi connectivity index (χ3v) is 4.59. The summed E-state index contributed by atoms with van der Waals surface area (Å²) >= 11 is 0. The van der Waals surface area contributed by atoms with E-state index in [-0.39, 0.29) is 11.8 Å². The normalized spacial score (nSPS) is 18.9. The monoisotopic (exact) mass is 322 g/mol. The van der Waals surface area contributed by atoms with Crippen molar-refractivity contribution in [3.05, 3.63) is 70.8 Å². The number of carbonyl (C=O) groups is 2. The van der Waals surface area contributed by atoms with Crippen molar-refractivity contribution >= 4 is 11.8 Å². The van der Waals surface area contributed by atoms with Gasteiger partial charge in [0.05, 0.1) is 0 Å². The highest BCUT2D eigenvalue weighted by molar-refractivity contribution is 5.92. The Bertz CT molecular complexity index is 785. The van der Waals surface area contributed by atoms with Gasteiger partial charge in [0, 0.05) is 25.1 Å². The zero-order valence-corrected chi connectivity index (χ0v) is 14.0. The van der Waals surface area contributed by atoms with Crippen LogP contribution in [0, 0.1) is 12.8 Å². The van der Waals surface area contributed by atoms with Gasteiger partial charge in [-0.25, -0.2) is 0 Å². The van der Waals surface area contributed by atoms with E-state index in [0.717, 1.165) is 12.0 Å². The summed E-state index contributed by atoms with van der Waals surface area (Å²) < 4.78 is 0. The van der Waals surface area contributed by atoms with Crippen molar-refractivity contribution in [2.75, 3.05) is 7.05 Å². The summed E-state index contributed by atoms with van der Waals surface area (Å²) in [6.07, 6.45) is 0.911. The lowest BCUT2D eigenvalue weighted by Crippen LogP contribution is -2.28. The molecule has 1 saturated carbocycles. The number of rotatable bonds is 5. The van der Waals surface area contributed by atoms with E-state index in [1.807, 2.05) is 19.2 Å². The molecule has 1 fully saturated rings. The van der Waals surface area contributed by atoms with E-state index in [4.69, 9.17) is 5.73 Å². The molecule has 2 amide bonds. The van der Waals surface area contributed by atoms with Crippen LogP contribution in [-0.2, 0) is 11.3 Å². The van der Waals surface area contributed by atoms with Gasteiger partial charge in [-0.05, 0) is 42.5 Å². The largest absolute Gasteiger partial charge is 0.366 e. The van der Waals surface area contributed by atoms with Gasteiger partial charge in [-0.2, -0.15) is 0 Å². The van der Waals surface area contributed by atoms with Crippen LogP contribution in [0.4, 0.5) is 0 Å². The Labute approximate surface area is 142 Å². The second kappa shape index (κ2) is 6.48. The van der Waals surface area contributed by atoms with Crippen LogP contribution in [0.5, 0.6) is 0 Å². The highest BCUT2D eigenvalue weighted by atomic mass is 16.2. The third-order valence-electron chi connectivity index (χ3n) is 4.59. The van der Waals surface area contributed by atoms with Crippen LogP contribution in [0.2, 0.25) is 0 Å². The first-order chi connectivity index (χ1) is 11.5. The summed E-state index contributed by atoms with van der Waals surface area (Å²) in [5.41, 5.74) is 9.16. The van der Waals surface area contributed by atoms with Crippen molar-refractivity contribution in [2.24, 2.45) is 11.7 Å². The summed E-state index contributed by atoms with van der Waals surface area (Å²) in [6, 6.07) is 15.5. The maximum Gasteiger partial charge on any atom is 0.248 e. The summed E-state index contributed by atoms with van der Waals surface area (Å²) in [6.45, 7) is 2.55. The van der Waals surface area contributed by atoms with Gasteiger partial charge in [0.2, 0.25) is 11.8 Å². The molecule has 4 nitrogen and oxygen atoms in total. The Kier molecular flexibility index (Phi) is 4.38. The number of nitrogens with zero attached hydrogens (tertiary/aromatic N) is 1. The van der Waals surface area contributed by atoms with Crippen molar-refractivity contribution in [1.29, 1.82) is 0 Å². The maximum atomic E-state index is 12.6. The fraction of sp³-hybridized carbons (Fsp3) is 0.300. The number of hydrogen-bond donors (Lipinski definition) is 1. The van der Waals surface area contributed by atoms with Gasteiger partial charge in [-0.1, -0.05) is 42.0 Å². The van der Waals surface area contributed by atoms with Gasteiger partial charge < -0.3 is 10.6 Å². The SMILES string of the molecule is Cc1cccc(C2CC2C(=O)N(C)Cc2cccc(C(N)=O)c2)c1. The molecule has 2 N–H and O–H groups in total. The Balaban J connectivity index is 1.64. The quantitative estimate of drug-likeness (QED) is 0.920. The predicted octanol–water partition coefficient (Wildman–Crippen LogP) is 2.86. The van der Waals surface area contributed by atoms with Gasteiger partial charge >= 0.3 is 0 Å². The molecule has 0 bridgehead atoms. The van der Waals surface area contributed by atoms with Crippen LogP contribution in [0.15, 0.2) is 48.5 Å². The molecule has 0 aromatic heterocycles. The molecule has 2 unspecified atom stereocenters. The molecule has 1 aliphatic carbocycles. The smallest absolute Gasteiger partial charge is 0.248 e. The number of aryl methyl sites for hydroxylation is 1. The topological polar surface area (TPSA) is 63.4 Å². The first-order valence-electron chi connectivity index (χ1n) is 8.16. The van der Waals surface area contributed by atoms with Gasteiger partial charge in [0.1, 0.15) is 0 Å². The van der Waals surface area contributed by atoms with Crippen LogP contribution in [0.3, 0.4) is 0 Å². The molecular weight excluding hydrogens is 300 g/mol. The second-order valence-electron chi connectivity index (χ2n) is 6.62. The van der Waals surface area contributed by atoms with Crippen LogP contribution >= 0.6 is 0 Å². The standard InChI is InChI=1S/C20H22N2O2/c1-13-5-3-7-15(9-13)17-11-18(17)20(24)22(2)12-14-6-4-8-16(10-14)19(21)23/h3-10,17-18H,11-12H2,1-2H3,(H2,21,23). The highest BCUT2D eigenvalue weighted by Crippen LogP contribution is 2.48. The van der Waals surface area contributed by atoms with Crippen LogP contribution in [0.25, 0.3) is 0 Å². The highest BCUT2D eigenvalue weighted by Gasteiger charge is 2.45. The zero-order chi connectivity index (χ0) is 17.3. The van der Waals surface area contributed by atoms with Gasteiger partial charge in [0.25, 0.3) is 0 Å². The molecule has 3 rings (SSSR count). The average molecular weight is 322 g/mol. The summed E-state index contributed by atoms with van der Waals surface area (Å²) in [7, 11) is 1.81. The minimum Gasteiger partial charge on any atom is -0.366 e. The van der Waals surface area contributed by atoms with Crippen molar-refractivity contribution < 1.29 is 9.59 Å². The maximum absolute atomic E-state index is 12.6. The molecule has 2 aromatic carbocycles. The van der Waals surface area contributed by atoms with Gasteiger partial charge in [-0.15, -0.1) is 0 Å². The Morgan fingerprint density at radius 3 is 2.62 bits per heavy atom. The molecule has 0 radical (unpaired) electrons. The van der Waals surface area contributed by atoms with E-state index in [1.165, 1.54) is 11.1 Å². The fourth-order valence-electron chi connectivity index (χ4n) is 3.19. The molecule has 0 spiro atoms. The average Bonchev–Trinajstić information content (AvgIpc) is 3.35. The lowest BCUT2D eigenvalue weighted by Gasteiger charge is -2.18. The fourth-order valence-corrected chi connectivity index (χ4v) is 3.19. The summed E-state index contributed by atoms with van der Waals surface area (Å²) in [4.78, 5) is 25.6. The summed E-state index contributed by atoms with van der Waals surface area (Å²) in [5.74, 6) is 0.103. The molecule has 124 valence electrons. The van der Waals surface area contributed by atoms with E-state index >= 15 is 0 Å². The number of benzene rings is 2. The van der Waals surface area contributed by atoms with Crippen LogP contribution in [-0.4, -0.2) is 23.8 Å². The van der Waals surface area contributed by atoms with E-state index < -0.39 is 5.91 Å². The molecular formula is C20H22N2O2. The molecule has 0 aliphatic heterocycles. The number of carbonyl (C=O) groups excluding carboxylic acids is 2. The molecule has 24 heavy (non-hydrogen) atoms. The number of hydrogen-bond acceptors (Lipinski definition) is 2. The Hall–Kier alpha value is -2.62. The number of primary amides is 1. The van der Waals surface area contributed by atoms with Crippen LogP contribution in [0.1, 0.15) is 39.4 Å². The summed E-state index contributed by atoms with van der Waals surface area (Å²) in [5, 5.41) is 0. The van der Waals surface area contributed by atoms with Crippen molar-refractivity contribution in [1.82, 2.24) is 4.90 Å². The molecule has 2 aromatic rings. The zero-order valence-electron chi connectivity index (χ0n) is 14.0. The first kappa shape index (κ1) is 16.2. The first-order valence-corrected chi connectivity index (χ1v) is 8.16. The van der Waals surface area contributed by atoms with E-state index in [0.29, 0.717) is 18.0 Å². The number of amides is 2. The minimum absolute atomic E-state index is 0.0659. The lowest BCUT2D eigenvalue weighted by molar-refractivity contribution is -0.131. The second-order valence-corrected chi connectivity index (χ2v) is 6.62. The van der Waals surface area contributed by atoms with E-state index in [2.05, 4.69) is 25.1 Å². The Morgan fingerprint density at radius 2 is 1.92 bits per heavy atom. The van der Waals surface area contributed by atoms with Crippen molar-refractivity contribution in [3.8, 4) is 0 Å². The van der Waals surface area contributed by atoms with Gasteiger partial charge in [-0.3, -0.25) is 9.59 Å². The van der Waals surface area contributed by atoms with Crippen molar-refractivity contribution in [3.63, 3.8) is 0 Å². The lowest BCUT2D eigenvalue weighted by atomic mass is 10.1. The van der Waals surface area contributed by atoms with Crippen molar-refractivity contribution in [2.45, 2.75) is 25.8 Å². The molecule has 4 heteroatoms. The molecule has 2 atom stereocenters. The van der Waals surface area contributed by atoms with Gasteiger partial charge in [0.15, 0.2) is 0 Å². The number of nitrogens with two attached hydrogens (primary N) is 1. The van der Waals surface area contributed by atoms with E-state index in [1.54, 1.807) is 23.1 Å². The molecule has 1 aliphatic rings. The molecule has 0 heterocycles. The third kappa shape index (κ3) is 3.48. The molecule has 0 saturated heterocycles. The van der Waals surface area contributed by atoms with Crippen LogP contribution < -0.4 is 5.73 Å². The predicted molar refractivity (Wildman–Crippen MR) is 93.5 cm³/mol. The minimum atomic E-state index is -0.451. The Morgan fingerprint density at radius 1 is 1.17 bits per heavy atom.